The fourth-order valence-electron chi connectivity index (χ4n) is 4.96. The Morgan fingerprint density at radius 1 is 1.12 bits per heavy atom. The van der Waals surface area contributed by atoms with Crippen molar-refractivity contribution in [1.29, 1.82) is 0 Å². The Kier molecular flexibility index (Phi) is 7.34. The summed E-state index contributed by atoms with van der Waals surface area (Å²) >= 11 is 12.4. The Morgan fingerprint density at radius 3 is 2.53 bits per heavy atom. The van der Waals surface area contributed by atoms with Crippen LogP contribution in [0, 0.1) is 5.92 Å². The van der Waals surface area contributed by atoms with Crippen molar-refractivity contribution in [3.8, 4) is 5.75 Å². The monoisotopic (exact) mass is 474 g/mol. The molecule has 1 amide bonds. The Hall–Kier alpha value is -1.75. The quantitative estimate of drug-likeness (QED) is 0.525. The molecule has 1 N–H and O–H groups in total. The van der Waals surface area contributed by atoms with E-state index in [9.17, 15) is 4.79 Å². The maximum Gasteiger partial charge on any atom is 0.223 e. The first-order chi connectivity index (χ1) is 15.4. The average Bonchev–Trinajstić information content (AvgIpc) is 2.81. The van der Waals surface area contributed by atoms with Gasteiger partial charge in [0.05, 0.1) is 6.04 Å². The van der Waals surface area contributed by atoms with Gasteiger partial charge in [-0.1, -0.05) is 61.3 Å². The molecule has 0 spiro atoms. The molecule has 1 saturated heterocycles. The minimum atomic E-state index is -0.215. The lowest BCUT2D eigenvalue weighted by Crippen LogP contribution is -2.47. The number of amides is 1. The van der Waals surface area contributed by atoms with Crippen LogP contribution in [0.3, 0.4) is 0 Å². The molecule has 1 fully saturated rings. The van der Waals surface area contributed by atoms with Crippen molar-refractivity contribution in [1.82, 2.24) is 10.2 Å². The highest BCUT2D eigenvalue weighted by atomic mass is 35.5. The van der Waals surface area contributed by atoms with Gasteiger partial charge < -0.3 is 10.1 Å². The highest BCUT2D eigenvalue weighted by Crippen LogP contribution is 2.42. The van der Waals surface area contributed by atoms with Crippen LogP contribution in [0.4, 0.5) is 0 Å². The van der Waals surface area contributed by atoms with Gasteiger partial charge in [0.1, 0.15) is 11.4 Å². The lowest BCUT2D eigenvalue weighted by molar-refractivity contribution is -0.128. The molecule has 0 saturated carbocycles. The minimum absolute atomic E-state index is 0.00162. The molecule has 2 aliphatic rings. The Bertz CT molecular complexity index is 953. The largest absolute Gasteiger partial charge is 0.487 e. The lowest BCUT2D eigenvalue weighted by atomic mass is 9.83. The second-order valence-corrected chi connectivity index (χ2v) is 9.93. The molecule has 2 heterocycles. The maximum absolute atomic E-state index is 13.2. The molecule has 6 heteroatoms. The number of ether oxygens (including phenoxy) is 1. The molecule has 2 aromatic carbocycles. The second kappa shape index (κ2) is 10.0. The van der Waals surface area contributed by atoms with Crippen LogP contribution in [-0.2, 0) is 11.3 Å². The van der Waals surface area contributed by atoms with Crippen LogP contribution in [0.2, 0.25) is 10.0 Å². The number of para-hydroxylation sites is 1. The molecular formula is C26H32Cl2N2O2. The zero-order valence-electron chi connectivity index (χ0n) is 18.9. The van der Waals surface area contributed by atoms with Crippen LogP contribution in [-0.4, -0.2) is 29.5 Å². The molecule has 4 nitrogen and oxygen atoms in total. The summed E-state index contributed by atoms with van der Waals surface area (Å²) in [5.74, 6) is 1.11. The van der Waals surface area contributed by atoms with E-state index >= 15 is 0 Å². The number of hydrogen-bond donors (Lipinski definition) is 1. The van der Waals surface area contributed by atoms with Crippen LogP contribution in [0.15, 0.2) is 42.5 Å². The zero-order valence-corrected chi connectivity index (χ0v) is 20.4. The van der Waals surface area contributed by atoms with E-state index in [0.29, 0.717) is 10.0 Å². The maximum atomic E-state index is 13.2. The van der Waals surface area contributed by atoms with E-state index in [2.05, 4.69) is 30.1 Å². The summed E-state index contributed by atoms with van der Waals surface area (Å²) in [4.78, 5) is 15.6. The number of piperidine rings is 1. The van der Waals surface area contributed by atoms with E-state index in [0.717, 1.165) is 68.6 Å². The number of rotatable bonds is 6. The fourth-order valence-corrected chi connectivity index (χ4v) is 5.43. The normalized spacial score (nSPS) is 20.9. The summed E-state index contributed by atoms with van der Waals surface area (Å²) < 4.78 is 6.39. The molecule has 2 aromatic rings. The second-order valence-electron chi connectivity index (χ2n) is 9.08. The highest BCUT2D eigenvalue weighted by molar-refractivity contribution is 6.35. The van der Waals surface area contributed by atoms with Gasteiger partial charge in [-0.05, 0) is 62.5 Å². The van der Waals surface area contributed by atoms with Gasteiger partial charge in [0.25, 0.3) is 0 Å². The molecule has 2 aliphatic heterocycles. The van der Waals surface area contributed by atoms with E-state index in [1.165, 1.54) is 0 Å². The topological polar surface area (TPSA) is 41.6 Å². The van der Waals surface area contributed by atoms with Crippen molar-refractivity contribution < 1.29 is 9.53 Å². The Morgan fingerprint density at radius 2 is 1.84 bits per heavy atom. The first-order valence-corrected chi connectivity index (χ1v) is 12.4. The third kappa shape index (κ3) is 5.08. The third-order valence-electron chi connectivity index (χ3n) is 7.17. The fraction of sp³-hybridized carbons (Fsp3) is 0.500. The Balaban J connectivity index is 1.37. The van der Waals surface area contributed by atoms with Crippen LogP contribution >= 0.6 is 23.2 Å². The predicted molar refractivity (Wildman–Crippen MR) is 130 cm³/mol. The molecule has 32 heavy (non-hydrogen) atoms. The summed E-state index contributed by atoms with van der Waals surface area (Å²) in [5, 5.41) is 4.73. The van der Waals surface area contributed by atoms with Crippen molar-refractivity contribution in [3.05, 3.63) is 63.6 Å². The van der Waals surface area contributed by atoms with E-state index < -0.39 is 0 Å². The molecular weight excluding hydrogens is 443 g/mol. The van der Waals surface area contributed by atoms with Gasteiger partial charge >= 0.3 is 0 Å². The SMILES string of the molecule is CCC1(CC)C[C@H](NC(=O)C2CCN(Cc3ccc(Cl)cc3Cl)CC2)c2ccccc2O1. The summed E-state index contributed by atoms with van der Waals surface area (Å²) in [6.45, 7) is 6.88. The van der Waals surface area contributed by atoms with Crippen LogP contribution in [0.1, 0.15) is 63.1 Å². The highest BCUT2D eigenvalue weighted by Gasteiger charge is 2.39. The standard InChI is InChI=1S/C26H32Cl2N2O2/c1-3-26(4-2)16-23(21-7-5-6-8-24(21)32-26)29-25(31)18-11-13-30(14-12-18)17-19-9-10-20(27)15-22(19)28/h5-10,15,18,23H,3-4,11-14,16-17H2,1-2H3,(H,29,31)/t23-/m0/s1. The zero-order chi connectivity index (χ0) is 22.7. The van der Waals surface area contributed by atoms with Gasteiger partial charge in [0, 0.05) is 34.5 Å². The molecule has 172 valence electrons. The predicted octanol–water partition coefficient (Wildman–Crippen LogP) is 6.40. The molecule has 0 aliphatic carbocycles. The molecule has 0 aromatic heterocycles. The summed E-state index contributed by atoms with van der Waals surface area (Å²) in [6, 6.07) is 13.8. The minimum Gasteiger partial charge on any atom is -0.487 e. The van der Waals surface area contributed by atoms with Crippen molar-refractivity contribution in [2.24, 2.45) is 5.92 Å². The van der Waals surface area contributed by atoms with E-state index in [1.54, 1.807) is 6.07 Å². The van der Waals surface area contributed by atoms with Gasteiger partial charge in [-0.25, -0.2) is 0 Å². The number of nitrogens with one attached hydrogen (secondary N) is 1. The van der Waals surface area contributed by atoms with Gasteiger partial charge in [0.2, 0.25) is 5.91 Å². The van der Waals surface area contributed by atoms with Crippen molar-refractivity contribution in [3.63, 3.8) is 0 Å². The van der Waals surface area contributed by atoms with Crippen LogP contribution < -0.4 is 10.1 Å². The first kappa shape index (κ1) is 23.4. The van der Waals surface area contributed by atoms with Crippen molar-refractivity contribution in [2.45, 2.75) is 64.1 Å². The summed E-state index contributed by atoms with van der Waals surface area (Å²) in [6.07, 6.45) is 4.38. The molecule has 1 atom stereocenters. The number of halogens is 2. The molecule has 0 radical (unpaired) electrons. The number of likely N-dealkylation sites (tertiary alicyclic amines) is 1. The first-order valence-electron chi connectivity index (χ1n) is 11.7. The van der Waals surface area contributed by atoms with E-state index in [4.69, 9.17) is 27.9 Å². The van der Waals surface area contributed by atoms with Crippen molar-refractivity contribution >= 4 is 29.1 Å². The lowest BCUT2D eigenvalue weighted by Gasteiger charge is -2.42. The van der Waals surface area contributed by atoms with Crippen LogP contribution in [0.25, 0.3) is 0 Å². The van der Waals surface area contributed by atoms with Gasteiger partial charge in [-0.15, -0.1) is 0 Å². The third-order valence-corrected chi connectivity index (χ3v) is 7.76. The van der Waals surface area contributed by atoms with Gasteiger partial charge in [-0.3, -0.25) is 9.69 Å². The Labute approximate surface area is 201 Å². The molecule has 0 unspecified atom stereocenters. The molecule has 0 bridgehead atoms. The average molecular weight is 475 g/mol. The van der Waals surface area contributed by atoms with E-state index in [1.807, 2.05) is 30.3 Å². The van der Waals surface area contributed by atoms with Crippen LogP contribution in [0.5, 0.6) is 5.75 Å². The summed E-state index contributed by atoms with van der Waals surface area (Å²) in [7, 11) is 0. The number of benzene rings is 2. The van der Waals surface area contributed by atoms with Gasteiger partial charge in [-0.2, -0.15) is 0 Å². The number of carbonyl (C=O) groups is 1. The van der Waals surface area contributed by atoms with E-state index in [-0.39, 0.29) is 23.5 Å². The number of fused-ring (bicyclic) bond motifs is 1. The molecule has 4 rings (SSSR count). The number of nitrogens with zero attached hydrogens (tertiary/aromatic N) is 1. The number of hydrogen-bond acceptors (Lipinski definition) is 3. The number of carbonyl (C=O) groups excluding carboxylic acids is 1. The summed E-state index contributed by atoms with van der Waals surface area (Å²) in [5.41, 5.74) is 1.95. The van der Waals surface area contributed by atoms with Crippen molar-refractivity contribution in [2.75, 3.05) is 13.1 Å². The van der Waals surface area contributed by atoms with Gasteiger partial charge in [0.15, 0.2) is 0 Å². The smallest absolute Gasteiger partial charge is 0.223 e.